The molecule has 3 heterocycles. The molecule has 2 saturated heterocycles. The van der Waals surface area contributed by atoms with Crippen molar-refractivity contribution in [3.8, 4) is 5.75 Å². The van der Waals surface area contributed by atoms with Gasteiger partial charge in [0.25, 0.3) is 11.8 Å². The summed E-state index contributed by atoms with van der Waals surface area (Å²) in [6.07, 6.45) is 2.87. The first-order chi connectivity index (χ1) is 13.4. The lowest BCUT2D eigenvalue weighted by Gasteiger charge is -2.14. The number of ether oxygens (including phenoxy) is 4. The van der Waals surface area contributed by atoms with Crippen LogP contribution in [-0.2, 0) is 28.6 Å². The summed E-state index contributed by atoms with van der Waals surface area (Å²) >= 11 is 0. The van der Waals surface area contributed by atoms with Crippen LogP contribution in [-0.4, -0.2) is 56.4 Å². The average Bonchev–Trinajstić information content (AvgIpc) is 3.60. The summed E-state index contributed by atoms with van der Waals surface area (Å²) in [5.41, 5.74) is 0.977. The van der Waals surface area contributed by atoms with Gasteiger partial charge in [0, 0.05) is 17.7 Å². The number of anilines is 1. The summed E-state index contributed by atoms with van der Waals surface area (Å²) < 4.78 is 20.1. The first-order valence-corrected chi connectivity index (χ1v) is 8.79. The Hall–Kier alpha value is -2.97. The molecule has 2 amide bonds. The number of hydrogen-bond donors (Lipinski definition) is 0. The number of carbonyl (C=O) groups excluding carboxylic acids is 3. The van der Waals surface area contributed by atoms with Crippen molar-refractivity contribution < 1.29 is 33.3 Å². The van der Waals surface area contributed by atoms with Crippen molar-refractivity contribution in [2.45, 2.75) is 19.1 Å². The molecule has 2 atom stereocenters. The zero-order valence-electron chi connectivity index (χ0n) is 15.5. The van der Waals surface area contributed by atoms with E-state index in [9.17, 15) is 14.4 Å². The molecule has 2 unspecified atom stereocenters. The normalized spacial score (nSPS) is 21.7. The van der Waals surface area contributed by atoms with Crippen LogP contribution in [0.25, 0.3) is 0 Å². The molecular formula is C20H21NO7. The summed E-state index contributed by atoms with van der Waals surface area (Å²) in [6.45, 7) is 7.42. The SMILES string of the molecule is C=C(C)C(=O)OCC1CO1.O=C1C=CC(=O)N1c1ccc(OCC2CO2)cc1. The summed E-state index contributed by atoms with van der Waals surface area (Å²) in [7, 11) is 0. The van der Waals surface area contributed by atoms with Gasteiger partial charge in [0.15, 0.2) is 0 Å². The maximum absolute atomic E-state index is 11.5. The molecule has 2 fully saturated rings. The fourth-order valence-corrected chi connectivity index (χ4v) is 2.16. The minimum Gasteiger partial charge on any atom is -0.491 e. The molecule has 4 rings (SSSR count). The van der Waals surface area contributed by atoms with Crippen molar-refractivity contribution in [1.82, 2.24) is 0 Å². The number of rotatable bonds is 7. The highest BCUT2D eigenvalue weighted by molar-refractivity contribution is 6.28. The predicted octanol–water partition coefficient (Wildman–Crippen LogP) is 1.40. The highest BCUT2D eigenvalue weighted by Crippen LogP contribution is 2.23. The molecule has 0 saturated carbocycles. The van der Waals surface area contributed by atoms with Gasteiger partial charge in [0.05, 0.1) is 18.9 Å². The third-order valence-corrected chi connectivity index (χ3v) is 3.89. The van der Waals surface area contributed by atoms with E-state index in [1.807, 2.05) is 0 Å². The van der Waals surface area contributed by atoms with Crippen LogP contribution in [0.2, 0.25) is 0 Å². The van der Waals surface area contributed by atoms with Crippen LogP contribution in [0.4, 0.5) is 5.69 Å². The van der Waals surface area contributed by atoms with E-state index in [0.717, 1.165) is 11.5 Å². The number of hydrogen-bond acceptors (Lipinski definition) is 7. The second kappa shape index (κ2) is 8.81. The van der Waals surface area contributed by atoms with Crippen molar-refractivity contribution in [3.05, 3.63) is 48.6 Å². The molecule has 8 heteroatoms. The van der Waals surface area contributed by atoms with Crippen molar-refractivity contribution in [3.63, 3.8) is 0 Å². The Labute approximate surface area is 162 Å². The lowest BCUT2D eigenvalue weighted by molar-refractivity contribution is -0.139. The molecule has 0 N–H and O–H groups in total. The van der Waals surface area contributed by atoms with Crippen molar-refractivity contribution in [2.75, 3.05) is 31.3 Å². The van der Waals surface area contributed by atoms with E-state index in [2.05, 4.69) is 6.58 Å². The lowest BCUT2D eigenvalue weighted by Crippen LogP contribution is -2.29. The second-order valence-electron chi connectivity index (χ2n) is 6.44. The Balaban J connectivity index is 0.000000192. The van der Waals surface area contributed by atoms with Crippen LogP contribution < -0.4 is 9.64 Å². The summed E-state index contributed by atoms with van der Waals surface area (Å²) in [4.78, 5) is 34.7. The molecule has 28 heavy (non-hydrogen) atoms. The lowest BCUT2D eigenvalue weighted by atomic mass is 10.2. The minimum absolute atomic E-state index is 0.142. The van der Waals surface area contributed by atoms with Crippen LogP contribution in [0, 0.1) is 0 Å². The van der Waals surface area contributed by atoms with E-state index >= 15 is 0 Å². The topological polar surface area (TPSA) is 98.0 Å². The van der Waals surface area contributed by atoms with E-state index in [-0.39, 0.29) is 30.0 Å². The van der Waals surface area contributed by atoms with Crippen LogP contribution in [0.5, 0.6) is 5.75 Å². The number of amides is 2. The van der Waals surface area contributed by atoms with Gasteiger partial charge in [0.2, 0.25) is 0 Å². The first kappa shape index (κ1) is 19.8. The third-order valence-electron chi connectivity index (χ3n) is 3.89. The molecule has 0 radical (unpaired) electrons. The highest BCUT2D eigenvalue weighted by Gasteiger charge is 2.26. The Bertz CT molecular complexity index is 773. The maximum Gasteiger partial charge on any atom is 0.333 e. The average molecular weight is 387 g/mol. The van der Waals surface area contributed by atoms with Gasteiger partial charge in [-0.05, 0) is 31.2 Å². The number of carbonyl (C=O) groups is 3. The smallest absolute Gasteiger partial charge is 0.333 e. The molecule has 1 aromatic rings. The van der Waals surface area contributed by atoms with E-state index < -0.39 is 0 Å². The zero-order chi connectivity index (χ0) is 20.1. The van der Waals surface area contributed by atoms with Crippen molar-refractivity contribution >= 4 is 23.5 Å². The van der Waals surface area contributed by atoms with E-state index in [1.54, 1.807) is 31.2 Å². The Morgan fingerprint density at radius 2 is 1.61 bits per heavy atom. The van der Waals surface area contributed by atoms with Gasteiger partial charge in [-0.1, -0.05) is 6.58 Å². The maximum atomic E-state index is 11.5. The van der Waals surface area contributed by atoms with Gasteiger partial charge >= 0.3 is 5.97 Å². The van der Waals surface area contributed by atoms with Gasteiger partial charge < -0.3 is 18.9 Å². The van der Waals surface area contributed by atoms with E-state index in [4.69, 9.17) is 18.9 Å². The molecule has 8 nitrogen and oxygen atoms in total. The second-order valence-corrected chi connectivity index (χ2v) is 6.44. The zero-order valence-corrected chi connectivity index (χ0v) is 15.5. The molecular weight excluding hydrogens is 366 g/mol. The standard InChI is InChI=1S/C13H11NO4.C7H10O3/c15-12-5-6-13(16)14(12)9-1-3-10(4-2-9)17-7-11-8-18-11;1-5(2)7(8)10-4-6-3-9-6/h1-6,11H,7-8H2;6H,1,3-4H2,2H3. The largest absolute Gasteiger partial charge is 0.491 e. The third kappa shape index (κ3) is 5.77. The minimum atomic E-state index is -0.337. The van der Waals surface area contributed by atoms with Crippen molar-refractivity contribution in [2.24, 2.45) is 0 Å². The molecule has 148 valence electrons. The number of esters is 1. The molecule has 0 bridgehead atoms. The fraction of sp³-hybridized carbons (Fsp3) is 0.350. The van der Waals surface area contributed by atoms with Crippen LogP contribution in [0.15, 0.2) is 48.6 Å². The van der Waals surface area contributed by atoms with E-state index in [0.29, 0.717) is 36.8 Å². The number of epoxide rings is 2. The van der Waals surface area contributed by atoms with E-state index in [1.165, 1.54) is 12.2 Å². The fourth-order valence-electron chi connectivity index (χ4n) is 2.16. The summed E-state index contributed by atoms with van der Waals surface area (Å²) in [5, 5.41) is 0. The Kier molecular flexibility index (Phi) is 6.23. The summed E-state index contributed by atoms with van der Waals surface area (Å²) in [5.74, 6) is -0.281. The quantitative estimate of drug-likeness (QED) is 0.302. The van der Waals surface area contributed by atoms with Crippen LogP contribution in [0.3, 0.4) is 0 Å². The van der Waals surface area contributed by atoms with Gasteiger partial charge in [0.1, 0.15) is 31.2 Å². The van der Waals surface area contributed by atoms with Gasteiger partial charge in [-0.3, -0.25) is 9.59 Å². The predicted molar refractivity (Wildman–Crippen MR) is 98.8 cm³/mol. The Morgan fingerprint density at radius 1 is 1.07 bits per heavy atom. The monoisotopic (exact) mass is 387 g/mol. The van der Waals surface area contributed by atoms with Crippen LogP contribution >= 0.6 is 0 Å². The molecule has 0 aromatic heterocycles. The van der Waals surface area contributed by atoms with Gasteiger partial charge in [-0.2, -0.15) is 0 Å². The summed E-state index contributed by atoms with van der Waals surface area (Å²) in [6, 6.07) is 6.84. The van der Waals surface area contributed by atoms with Crippen molar-refractivity contribution in [1.29, 1.82) is 0 Å². The van der Waals surface area contributed by atoms with Gasteiger partial charge in [-0.15, -0.1) is 0 Å². The Morgan fingerprint density at radius 3 is 2.11 bits per heavy atom. The number of imide groups is 1. The molecule has 0 spiro atoms. The number of nitrogens with zero attached hydrogens (tertiary/aromatic N) is 1. The number of benzene rings is 1. The molecule has 1 aromatic carbocycles. The van der Waals surface area contributed by atoms with Crippen LogP contribution in [0.1, 0.15) is 6.92 Å². The van der Waals surface area contributed by atoms with Gasteiger partial charge in [-0.25, -0.2) is 9.69 Å². The molecule has 3 aliphatic heterocycles. The highest BCUT2D eigenvalue weighted by atomic mass is 16.6. The molecule has 0 aliphatic carbocycles. The molecule has 3 aliphatic rings. The first-order valence-electron chi connectivity index (χ1n) is 8.79.